The van der Waals surface area contributed by atoms with Crippen molar-refractivity contribution in [2.75, 3.05) is 5.32 Å². The van der Waals surface area contributed by atoms with Crippen molar-refractivity contribution in [2.24, 2.45) is 0 Å². The summed E-state index contributed by atoms with van der Waals surface area (Å²) in [4.78, 5) is 12.5. The largest absolute Gasteiger partial charge is 0.457 e. The molecule has 3 aromatic carbocycles. The molecule has 148 valence electrons. The van der Waals surface area contributed by atoms with Crippen LogP contribution in [0.1, 0.15) is 27.7 Å². The van der Waals surface area contributed by atoms with E-state index < -0.39 is 22.2 Å². The van der Waals surface area contributed by atoms with Crippen LogP contribution in [0.5, 0.6) is 0 Å². The summed E-state index contributed by atoms with van der Waals surface area (Å²) in [5.74, 6) is -0.473. The van der Waals surface area contributed by atoms with Crippen molar-refractivity contribution < 1.29 is 17.9 Å². The van der Waals surface area contributed by atoms with Gasteiger partial charge in [0.1, 0.15) is 17.7 Å². The van der Waals surface area contributed by atoms with Crippen LogP contribution in [0.15, 0.2) is 77.7 Å². The van der Waals surface area contributed by atoms with Crippen molar-refractivity contribution in [3.63, 3.8) is 0 Å². The molecule has 0 unspecified atom stereocenters. The van der Waals surface area contributed by atoms with E-state index in [9.17, 15) is 13.2 Å². The van der Waals surface area contributed by atoms with Crippen LogP contribution in [0.25, 0.3) is 0 Å². The summed E-state index contributed by atoms with van der Waals surface area (Å²) in [6.45, 7) is 0.113. The predicted octanol–water partition coefficient (Wildman–Crippen LogP) is 4.10. The van der Waals surface area contributed by atoms with Crippen LogP contribution in [-0.2, 0) is 21.4 Å². The number of ether oxygens (including phenoxy) is 1. The maximum absolute atomic E-state index is 12.4. The third-order valence-corrected chi connectivity index (χ3v) is 6.20. The molecule has 29 heavy (non-hydrogen) atoms. The number of nitrogens with one attached hydrogen (secondary N) is 2. The zero-order valence-electron chi connectivity index (χ0n) is 15.1. The minimum atomic E-state index is -3.62. The van der Waals surface area contributed by atoms with E-state index in [1.807, 2.05) is 6.07 Å². The second-order valence-corrected chi connectivity index (χ2v) is 8.64. The number of fused-ring (bicyclic) bond motifs is 1. The molecule has 3 aromatic rings. The number of rotatable bonds is 4. The van der Waals surface area contributed by atoms with Crippen molar-refractivity contribution in [3.8, 4) is 0 Å². The third-order valence-electron chi connectivity index (χ3n) is 4.49. The van der Waals surface area contributed by atoms with Gasteiger partial charge in [-0.15, -0.1) is 0 Å². The van der Waals surface area contributed by atoms with Crippen LogP contribution < -0.4 is 10.0 Å². The van der Waals surface area contributed by atoms with Crippen molar-refractivity contribution in [1.82, 2.24) is 4.72 Å². The highest BCUT2D eigenvalue weighted by Crippen LogP contribution is 2.30. The number of hydrogen-bond acceptors (Lipinski definition) is 5. The minimum Gasteiger partial charge on any atom is -0.457 e. The molecule has 0 saturated carbocycles. The molecule has 1 aliphatic heterocycles. The van der Waals surface area contributed by atoms with Crippen LogP contribution in [0.4, 0.5) is 5.69 Å². The van der Waals surface area contributed by atoms with E-state index in [0.29, 0.717) is 21.8 Å². The molecule has 0 spiro atoms. The summed E-state index contributed by atoms with van der Waals surface area (Å²) < 4.78 is 32.8. The Labute approximate surface area is 173 Å². The second kappa shape index (κ2) is 7.87. The van der Waals surface area contributed by atoms with Crippen molar-refractivity contribution in [1.29, 1.82) is 0 Å². The molecule has 8 heteroatoms. The van der Waals surface area contributed by atoms with Gasteiger partial charge in [-0.1, -0.05) is 48.0 Å². The highest BCUT2D eigenvalue weighted by molar-refractivity contribution is 7.89. The SMILES string of the molecule is O=C(OCc1cccc(Cl)c1)c1ccc([C@H]2Nc3ccccc3S(=O)(=O)N2)cc1. The Balaban J connectivity index is 1.46. The molecule has 0 radical (unpaired) electrons. The number of carbonyl (C=O) groups excluding carboxylic acids is 1. The van der Waals surface area contributed by atoms with Gasteiger partial charge in [-0.05, 0) is 47.5 Å². The molecule has 1 heterocycles. The average molecular weight is 429 g/mol. The van der Waals surface area contributed by atoms with Gasteiger partial charge in [-0.2, -0.15) is 4.72 Å². The number of carbonyl (C=O) groups is 1. The first kappa shape index (κ1) is 19.4. The van der Waals surface area contributed by atoms with Gasteiger partial charge in [0.2, 0.25) is 10.0 Å². The van der Waals surface area contributed by atoms with Crippen LogP contribution >= 0.6 is 11.6 Å². The molecule has 0 fully saturated rings. The Hall–Kier alpha value is -2.87. The molecule has 0 aromatic heterocycles. The fourth-order valence-electron chi connectivity index (χ4n) is 3.05. The summed E-state index contributed by atoms with van der Waals surface area (Å²) in [6, 6.07) is 20.4. The van der Waals surface area contributed by atoms with Crippen LogP contribution in [0.3, 0.4) is 0 Å². The molecule has 1 atom stereocenters. The summed E-state index contributed by atoms with van der Waals surface area (Å²) in [6.07, 6.45) is -0.633. The molecular weight excluding hydrogens is 412 g/mol. The van der Waals surface area contributed by atoms with Gasteiger partial charge in [-0.25, -0.2) is 13.2 Å². The van der Waals surface area contributed by atoms with Gasteiger partial charge < -0.3 is 10.1 Å². The van der Waals surface area contributed by atoms with E-state index in [4.69, 9.17) is 16.3 Å². The number of benzene rings is 3. The molecule has 1 aliphatic rings. The Morgan fingerprint density at radius 1 is 1.00 bits per heavy atom. The molecule has 0 aliphatic carbocycles. The lowest BCUT2D eigenvalue weighted by atomic mass is 10.1. The van der Waals surface area contributed by atoms with Crippen LogP contribution in [-0.4, -0.2) is 14.4 Å². The monoisotopic (exact) mass is 428 g/mol. The van der Waals surface area contributed by atoms with E-state index in [1.165, 1.54) is 0 Å². The lowest BCUT2D eigenvalue weighted by Gasteiger charge is -2.28. The standard InChI is InChI=1S/C21H17ClN2O4S/c22-17-5-3-4-14(12-17)13-28-21(25)16-10-8-15(9-11-16)20-23-18-6-1-2-7-19(18)29(26,27)24-20/h1-12,20,23-24H,13H2/t20-/m0/s1. The van der Waals surface area contributed by atoms with Crippen molar-refractivity contribution in [2.45, 2.75) is 17.7 Å². The molecule has 0 bridgehead atoms. The normalized spacial score (nSPS) is 17.1. The fourth-order valence-corrected chi connectivity index (χ4v) is 4.57. The van der Waals surface area contributed by atoms with Gasteiger partial charge in [0.25, 0.3) is 0 Å². The Morgan fingerprint density at radius 3 is 2.52 bits per heavy atom. The van der Waals surface area contributed by atoms with E-state index in [1.54, 1.807) is 66.7 Å². The number of esters is 1. The lowest BCUT2D eigenvalue weighted by Crippen LogP contribution is -2.38. The number of hydrogen-bond donors (Lipinski definition) is 2. The predicted molar refractivity (Wildman–Crippen MR) is 110 cm³/mol. The fraction of sp³-hybridized carbons (Fsp3) is 0.0952. The number of para-hydroxylation sites is 1. The van der Waals surface area contributed by atoms with Gasteiger partial charge in [0, 0.05) is 5.02 Å². The molecule has 0 amide bonds. The quantitative estimate of drug-likeness (QED) is 0.611. The highest BCUT2D eigenvalue weighted by atomic mass is 35.5. The molecule has 6 nitrogen and oxygen atoms in total. The molecule has 4 rings (SSSR count). The van der Waals surface area contributed by atoms with E-state index in [2.05, 4.69) is 10.0 Å². The zero-order chi connectivity index (χ0) is 20.4. The van der Waals surface area contributed by atoms with Crippen LogP contribution in [0, 0.1) is 0 Å². The van der Waals surface area contributed by atoms with E-state index >= 15 is 0 Å². The van der Waals surface area contributed by atoms with Crippen molar-refractivity contribution >= 4 is 33.3 Å². The number of sulfonamides is 1. The number of anilines is 1. The Morgan fingerprint density at radius 2 is 1.76 bits per heavy atom. The highest BCUT2D eigenvalue weighted by Gasteiger charge is 2.29. The topological polar surface area (TPSA) is 84.5 Å². The first-order valence-corrected chi connectivity index (χ1v) is 10.7. The van der Waals surface area contributed by atoms with Gasteiger partial charge in [-0.3, -0.25) is 0 Å². The summed E-state index contributed by atoms with van der Waals surface area (Å²) in [5.41, 5.74) is 2.37. The van der Waals surface area contributed by atoms with Gasteiger partial charge >= 0.3 is 5.97 Å². The maximum Gasteiger partial charge on any atom is 0.338 e. The smallest absolute Gasteiger partial charge is 0.338 e. The zero-order valence-corrected chi connectivity index (χ0v) is 16.7. The summed E-state index contributed by atoms with van der Waals surface area (Å²) >= 11 is 5.92. The first-order chi connectivity index (χ1) is 13.9. The number of halogens is 1. The van der Waals surface area contributed by atoms with Gasteiger partial charge in [0.15, 0.2) is 0 Å². The average Bonchev–Trinajstić information content (AvgIpc) is 2.72. The molecule has 0 saturated heterocycles. The molecule has 2 N–H and O–H groups in total. The Kier molecular flexibility index (Phi) is 5.27. The summed E-state index contributed by atoms with van der Waals surface area (Å²) in [7, 11) is -3.62. The van der Waals surface area contributed by atoms with Crippen molar-refractivity contribution in [3.05, 3.63) is 94.5 Å². The second-order valence-electron chi connectivity index (χ2n) is 6.52. The van der Waals surface area contributed by atoms with E-state index in [-0.39, 0.29) is 11.5 Å². The summed E-state index contributed by atoms with van der Waals surface area (Å²) in [5, 5.41) is 3.73. The van der Waals surface area contributed by atoms with E-state index in [0.717, 1.165) is 5.56 Å². The third kappa shape index (κ3) is 4.27. The minimum absolute atomic E-state index is 0.113. The van der Waals surface area contributed by atoms with Crippen LogP contribution in [0.2, 0.25) is 5.02 Å². The first-order valence-electron chi connectivity index (χ1n) is 8.82. The maximum atomic E-state index is 12.4. The Bertz CT molecular complexity index is 1160. The molecular formula is C21H17ClN2O4S. The van der Waals surface area contributed by atoms with Gasteiger partial charge in [0.05, 0.1) is 11.3 Å². The lowest BCUT2D eigenvalue weighted by molar-refractivity contribution is 0.0472.